The molecular weight excluding hydrogens is 214 g/mol. The van der Waals surface area contributed by atoms with E-state index in [1.807, 2.05) is 18.3 Å². The quantitative estimate of drug-likeness (QED) is 0.857. The molecule has 4 nitrogen and oxygen atoms in total. The summed E-state index contributed by atoms with van der Waals surface area (Å²) in [6.07, 6.45) is 4.37. The first-order valence-electron chi connectivity index (χ1n) is 6.37. The predicted octanol–water partition coefficient (Wildman–Crippen LogP) is 1.42. The molecule has 0 unspecified atom stereocenters. The summed E-state index contributed by atoms with van der Waals surface area (Å²) < 4.78 is 6.11. The highest BCUT2D eigenvalue weighted by Crippen LogP contribution is 2.31. The molecule has 0 amide bonds. The molecule has 2 saturated heterocycles. The summed E-state index contributed by atoms with van der Waals surface area (Å²) in [4.78, 5) is 6.81. The standard InChI is InChI=1S/C13H19N3O/c1-13(9-14-10-13)17-11-5-4-6-15-12(11)16-7-2-3-8-16/h4-6,14H,2-3,7-10H2,1H3. The maximum Gasteiger partial charge on any atom is 0.171 e. The maximum absolute atomic E-state index is 6.11. The van der Waals surface area contributed by atoms with Gasteiger partial charge in [-0.1, -0.05) is 0 Å². The van der Waals surface area contributed by atoms with E-state index in [1.54, 1.807) is 0 Å². The molecule has 0 saturated carbocycles. The number of rotatable bonds is 3. The molecule has 2 aliphatic heterocycles. The van der Waals surface area contributed by atoms with Gasteiger partial charge in [0.05, 0.1) is 0 Å². The Hall–Kier alpha value is -1.29. The normalized spacial score (nSPS) is 22.3. The molecule has 4 heteroatoms. The number of pyridine rings is 1. The Labute approximate surface area is 102 Å². The lowest BCUT2D eigenvalue weighted by Crippen LogP contribution is -2.61. The van der Waals surface area contributed by atoms with E-state index in [4.69, 9.17) is 4.74 Å². The van der Waals surface area contributed by atoms with Gasteiger partial charge in [-0.2, -0.15) is 0 Å². The third-order valence-corrected chi connectivity index (χ3v) is 3.51. The van der Waals surface area contributed by atoms with E-state index in [1.165, 1.54) is 12.8 Å². The average molecular weight is 233 g/mol. The SMILES string of the molecule is CC1(Oc2cccnc2N2CCCC2)CNC1. The first-order chi connectivity index (χ1) is 8.27. The second kappa shape index (κ2) is 4.18. The average Bonchev–Trinajstić information content (AvgIpc) is 2.81. The Bertz CT molecular complexity index is 397. The Kier molecular flexibility index (Phi) is 2.67. The van der Waals surface area contributed by atoms with Crippen LogP contribution in [0.5, 0.6) is 5.75 Å². The molecule has 2 aliphatic rings. The van der Waals surface area contributed by atoms with Gasteiger partial charge in [0.2, 0.25) is 0 Å². The fourth-order valence-corrected chi connectivity index (χ4v) is 2.44. The van der Waals surface area contributed by atoms with Gasteiger partial charge in [-0.05, 0) is 31.9 Å². The van der Waals surface area contributed by atoms with Crippen LogP contribution in [0.2, 0.25) is 0 Å². The lowest BCUT2D eigenvalue weighted by molar-refractivity contribution is 0.0350. The second-order valence-electron chi connectivity index (χ2n) is 5.17. The number of hydrogen-bond acceptors (Lipinski definition) is 4. The zero-order valence-corrected chi connectivity index (χ0v) is 10.3. The highest BCUT2D eigenvalue weighted by Gasteiger charge is 2.35. The van der Waals surface area contributed by atoms with E-state index in [2.05, 4.69) is 22.1 Å². The molecule has 0 atom stereocenters. The molecule has 92 valence electrons. The number of ether oxygens (including phenoxy) is 1. The number of hydrogen-bond donors (Lipinski definition) is 1. The molecule has 0 aliphatic carbocycles. The van der Waals surface area contributed by atoms with Crippen molar-refractivity contribution in [1.29, 1.82) is 0 Å². The summed E-state index contributed by atoms with van der Waals surface area (Å²) in [6, 6.07) is 3.98. The highest BCUT2D eigenvalue weighted by atomic mass is 16.5. The second-order valence-corrected chi connectivity index (χ2v) is 5.17. The van der Waals surface area contributed by atoms with Gasteiger partial charge in [-0.3, -0.25) is 0 Å². The van der Waals surface area contributed by atoms with Crippen LogP contribution in [0.15, 0.2) is 18.3 Å². The summed E-state index contributed by atoms with van der Waals surface area (Å²) >= 11 is 0. The minimum Gasteiger partial charge on any atom is -0.481 e. The first kappa shape index (κ1) is 10.8. The van der Waals surface area contributed by atoms with Crippen molar-refractivity contribution in [2.24, 2.45) is 0 Å². The largest absolute Gasteiger partial charge is 0.481 e. The Balaban J connectivity index is 1.82. The minimum absolute atomic E-state index is 0.0580. The number of aromatic nitrogens is 1. The van der Waals surface area contributed by atoms with E-state index in [0.29, 0.717) is 0 Å². The van der Waals surface area contributed by atoms with Crippen LogP contribution in [0.1, 0.15) is 19.8 Å². The molecule has 1 aromatic rings. The molecule has 17 heavy (non-hydrogen) atoms. The summed E-state index contributed by atoms with van der Waals surface area (Å²) in [5.41, 5.74) is -0.0580. The van der Waals surface area contributed by atoms with Crippen molar-refractivity contribution in [3.63, 3.8) is 0 Å². The summed E-state index contributed by atoms with van der Waals surface area (Å²) in [5.74, 6) is 1.94. The Morgan fingerprint density at radius 1 is 1.35 bits per heavy atom. The summed E-state index contributed by atoms with van der Waals surface area (Å²) in [6.45, 7) is 6.18. The van der Waals surface area contributed by atoms with E-state index < -0.39 is 0 Å². The molecule has 2 fully saturated rings. The van der Waals surface area contributed by atoms with E-state index in [0.717, 1.165) is 37.7 Å². The van der Waals surface area contributed by atoms with Crippen molar-refractivity contribution in [1.82, 2.24) is 10.3 Å². The van der Waals surface area contributed by atoms with Crippen LogP contribution >= 0.6 is 0 Å². The Morgan fingerprint density at radius 2 is 2.12 bits per heavy atom. The lowest BCUT2D eigenvalue weighted by atomic mass is 10.00. The smallest absolute Gasteiger partial charge is 0.171 e. The van der Waals surface area contributed by atoms with Crippen LogP contribution in [0, 0.1) is 0 Å². The van der Waals surface area contributed by atoms with Crippen molar-refractivity contribution in [3.05, 3.63) is 18.3 Å². The summed E-state index contributed by atoms with van der Waals surface area (Å²) in [5, 5.41) is 3.25. The van der Waals surface area contributed by atoms with Crippen LogP contribution in [0.25, 0.3) is 0 Å². The van der Waals surface area contributed by atoms with Gasteiger partial charge in [0, 0.05) is 32.4 Å². The van der Waals surface area contributed by atoms with Gasteiger partial charge >= 0.3 is 0 Å². The van der Waals surface area contributed by atoms with Crippen LogP contribution < -0.4 is 15.0 Å². The zero-order chi connectivity index (χ0) is 11.7. The van der Waals surface area contributed by atoms with Crippen LogP contribution in [-0.4, -0.2) is 36.8 Å². The third kappa shape index (κ3) is 2.09. The molecule has 0 aromatic carbocycles. The van der Waals surface area contributed by atoms with Gasteiger partial charge in [-0.15, -0.1) is 0 Å². The van der Waals surface area contributed by atoms with Gasteiger partial charge in [0.25, 0.3) is 0 Å². The monoisotopic (exact) mass is 233 g/mol. The van der Waals surface area contributed by atoms with Crippen molar-refractivity contribution in [2.45, 2.75) is 25.4 Å². The predicted molar refractivity (Wildman–Crippen MR) is 67.6 cm³/mol. The van der Waals surface area contributed by atoms with E-state index in [9.17, 15) is 0 Å². The van der Waals surface area contributed by atoms with Crippen LogP contribution in [-0.2, 0) is 0 Å². The van der Waals surface area contributed by atoms with Crippen LogP contribution in [0.3, 0.4) is 0 Å². The minimum atomic E-state index is -0.0580. The number of anilines is 1. The molecule has 0 spiro atoms. The topological polar surface area (TPSA) is 37.4 Å². The molecule has 0 radical (unpaired) electrons. The third-order valence-electron chi connectivity index (χ3n) is 3.51. The molecule has 1 N–H and O–H groups in total. The van der Waals surface area contributed by atoms with Gasteiger partial charge in [0.1, 0.15) is 5.60 Å². The van der Waals surface area contributed by atoms with Gasteiger partial charge < -0.3 is 15.0 Å². The highest BCUT2D eigenvalue weighted by molar-refractivity contribution is 5.53. The van der Waals surface area contributed by atoms with Crippen molar-refractivity contribution < 1.29 is 4.74 Å². The van der Waals surface area contributed by atoms with E-state index >= 15 is 0 Å². The molecule has 3 heterocycles. The number of nitrogens with one attached hydrogen (secondary N) is 1. The van der Waals surface area contributed by atoms with Crippen molar-refractivity contribution in [2.75, 3.05) is 31.1 Å². The zero-order valence-electron chi connectivity index (χ0n) is 10.3. The van der Waals surface area contributed by atoms with Gasteiger partial charge in [0.15, 0.2) is 11.6 Å². The van der Waals surface area contributed by atoms with E-state index in [-0.39, 0.29) is 5.60 Å². The summed E-state index contributed by atoms with van der Waals surface area (Å²) in [7, 11) is 0. The van der Waals surface area contributed by atoms with Crippen LogP contribution in [0.4, 0.5) is 5.82 Å². The molecule has 0 bridgehead atoms. The lowest BCUT2D eigenvalue weighted by Gasteiger charge is -2.40. The fraction of sp³-hybridized carbons (Fsp3) is 0.615. The maximum atomic E-state index is 6.11. The Morgan fingerprint density at radius 3 is 2.76 bits per heavy atom. The fourth-order valence-electron chi connectivity index (χ4n) is 2.44. The molecule has 1 aromatic heterocycles. The first-order valence-corrected chi connectivity index (χ1v) is 6.37. The number of nitrogens with zero attached hydrogens (tertiary/aromatic N) is 2. The van der Waals surface area contributed by atoms with Crippen molar-refractivity contribution >= 4 is 5.82 Å². The molecular formula is C13H19N3O. The van der Waals surface area contributed by atoms with Gasteiger partial charge in [-0.25, -0.2) is 4.98 Å². The van der Waals surface area contributed by atoms with Crippen molar-refractivity contribution in [3.8, 4) is 5.75 Å². The molecule has 3 rings (SSSR count).